The van der Waals surface area contributed by atoms with Crippen molar-refractivity contribution in [3.63, 3.8) is 0 Å². The molecule has 21 saturated heterocycles. The summed E-state index contributed by atoms with van der Waals surface area (Å²) in [5.41, 5.74) is 0. The van der Waals surface area contributed by atoms with Gasteiger partial charge in [0.25, 0.3) is 0 Å². The molecule has 0 aromatic rings. The molecule has 0 spiro atoms. The minimum atomic E-state index is -2.85. The normalized spacial score (nSPS) is 39.1. The first kappa shape index (κ1) is 116. The summed E-state index contributed by atoms with van der Waals surface area (Å²) >= 11 is 0. The smallest absolute Gasteiger partial charge is 0.192 e. The summed E-state index contributed by atoms with van der Waals surface area (Å²) < 4.78 is 157. The Kier molecular flexibility index (Phi) is 38.9. The molecule has 14 bridgehead atoms. The average molecular weight is 2010 g/mol. The van der Waals surface area contributed by atoms with Crippen LogP contribution in [0.1, 0.15) is 145 Å². The summed E-state index contributed by atoms with van der Waals surface area (Å²) in [6.07, 6.45) is -51.1. The molecule has 21 aliphatic rings. The van der Waals surface area contributed by atoms with Crippen LogP contribution in [0, 0.1) is 24.7 Å². The number of aliphatic hydroxyl groups excluding tert-OH is 12. The molecule has 0 saturated carbocycles. The Morgan fingerprint density at radius 1 is 0.205 bits per heavy atom. The van der Waals surface area contributed by atoms with Crippen LogP contribution in [0.4, 0.5) is 0 Å². The van der Waals surface area contributed by atoms with Crippen LogP contribution in [0.2, 0.25) is 127 Å². The highest BCUT2D eigenvalue weighted by molar-refractivity contribution is 6.76. The van der Waals surface area contributed by atoms with E-state index in [1.165, 1.54) is 0 Å². The first-order valence-corrected chi connectivity index (χ1v) is 67.3. The summed E-state index contributed by atoms with van der Waals surface area (Å²) in [7, 11) is -19.8. The maximum Gasteiger partial charge on any atom is 0.192 e. The lowest BCUT2D eigenvalue weighted by Crippen LogP contribution is -2.69. The predicted octanol–water partition coefficient (Wildman–Crippen LogP) is 7.29. The molecule has 0 unspecified atom stereocenters. The van der Waals surface area contributed by atoms with E-state index >= 15 is 0 Å². The van der Waals surface area contributed by atoms with Crippen LogP contribution in [-0.4, -0.2) is 394 Å². The molecule has 35 nitrogen and oxygen atoms in total. The van der Waals surface area contributed by atoms with E-state index in [0.29, 0.717) is 0 Å². The Hall–Kier alpha value is -0.762. The largest absolute Gasteiger partial charge is 0.414 e. The van der Waals surface area contributed by atoms with Crippen molar-refractivity contribution in [1.29, 1.82) is 0 Å². The fourth-order valence-electron chi connectivity index (χ4n) is 14.5. The van der Waals surface area contributed by atoms with Crippen LogP contribution in [-0.2, 0) is 107 Å². The summed E-state index contributed by atoms with van der Waals surface area (Å²) in [4.78, 5) is 0. The van der Waals surface area contributed by atoms with E-state index < -0.39 is 322 Å². The molecule has 132 heavy (non-hydrogen) atoms. The summed E-state index contributed by atoms with van der Waals surface area (Å²) in [5, 5.41) is 151. The molecule has 770 valence electrons. The number of aliphatic hydroxyl groups is 12. The second-order valence-corrected chi connectivity index (χ2v) is 81.5. The van der Waals surface area contributed by atoms with Gasteiger partial charge < -0.3 is 168 Å². The average Bonchev–Trinajstić information content (AvgIpc) is 0.772. The van der Waals surface area contributed by atoms with Gasteiger partial charge in [-0.05, 0) is 127 Å². The third kappa shape index (κ3) is 27.1. The number of terminal acetylenes is 2. The number of ether oxygens (including phenoxy) is 16. The van der Waals surface area contributed by atoms with Crippen molar-refractivity contribution in [3.05, 3.63) is 0 Å². The molecule has 12 N–H and O–H groups in total. The Balaban J connectivity index is 1.36. The van der Waals surface area contributed by atoms with E-state index in [9.17, 15) is 61.3 Å². The molecule has 21 heterocycles. The third-order valence-corrected chi connectivity index (χ3v) is 62.6. The van der Waals surface area contributed by atoms with Crippen molar-refractivity contribution < 1.29 is 168 Å². The van der Waals surface area contributed by atoms with Gasteiger partial charge >= 0.3 is 0 Å². The van der Waals surface area contributed by atoms with Gasteiger partial charge in [0, 0.05) is 0 Å². The first-order chi connectivity index (χ1) is 60.0. The Labute approximate surface area is 793 Å². The van der Waals surface area contributed by atoms with Gasteiger partial charge in [-0.2, -0.15) is 0 Å². The highest BCUT2D eigenvalue weighted by Crippen LogP contribution is 2.48. The molecular formula is C90H172O35Si7. The van der Waals surface area contributed by atoms with Crippen LogP contribution < -0.4 is 0 Å². The molecule has 0 radical (unpaired) electrons. The van der Waals surface area contributed by atoms with Gasteiger partial charge in [0.1, 0.15) is 184 Å². The van der Waals surface area contributed by atoms with Crippen LogP contribution in [0.5, 0.6) is 0 Å². The second kappa shape index (κ2) is 44.0. The lowest BCUT2D eigenvalue weighted by Gasteiger charge is -2.52. The molecule has 21 fully saturated rings. The van der Waals surface area contributed by atoms with E-state index in [1.807, 2.05) is 237 Å². The molecule has 0 aromatic carbocycles. The number of rotatable bonds is 25. The highest BCUT2D eigenvalue weighted by Gasteiger charge is 2.63. The van der Waals surface area contributed by atoms with Gasteiger partial charge in [0.15, 0.2) is 102 Å². The van der Waals surface area contributed by atoms with Gasteiger partial charge in [-0.1, -0.05) is 157 Å². The van der Waals surface area contributed by atoms with E-state index in [0.717, 1.165) is 0 Å². The fraction of sp³-hybridized carbons (Fsp3) is 0.956. The minimum Gasteiger partial charge on any atom is -0.414 e. The van der Waals surface area contributed by atoms with Crippen molar-refractivity contribution in [1.82, 2.24) is 0 Å². The van der Waals surface area contributed by atoms with Crippen molar-refractivity contribution in [2.45, 2.75) is 487 Å². The fourth-order valence-corrected chi connectivity index (χ4v) is 21.6. The zero-order valence-corrected chi connectivity index (χ0v) is 92.5. The molecule has 0 aliphatic carbocycles. The molecule has 42 heteroatoms. The maximum absolute atomic E-state index is 13.1. The van der Waals surface area contributed by atoms with E-state index in [2.05, 4.69) is 11.8 Å². The zero-order valence-electron chi connectivity index (χ0n) is 85.5. The zero-order chi connectivity index (χ0) is 100. The lowest BCUT2D eigenvalue weighted by atomic mass is 9.95. The Morgan fingerprint density at radius 3 is 0.500 bits per heavy atom. The van der Waals surface area contributed by atoms with E-state index in [4.69, 9.17) is 120 Å². The van der Waals surface area contributed by atoms with Crippen molar-refractivity contribution >= 4 is 58.2 Å². The van der Waals surface area contributed by atoms with Crippen molar-refractivity contribution in [2.75, 3.05) is 59.5 Å². The summed E-state index contributed by atoms with van der Waals surface area (Å²) in [6.45, 7) is 66.7. The monoisotopic (exact) mass is 2010 g/mol. The summed E-state index contributed by atoms with van der Waals surface area (Å²) in [5.74, 6) is 5.03. The third-order valence-electron chi connectivity index (χ3n) is 31.1. The van der Waals surface area contributed by atoms with Crippen LogP contribution in [0.15, 0.2) is 0 Å². The molecule has 0 aromatic heterocycles. The van der Waals surface area contributed by atoms with Crippen LogP contribution in [0.25, 0.3) is 0 Å². The minimum absolute atomic E-state index is 0.306. The quantitative estimate of drug-likeness (QED) is 0.0315. The van der Waals surface area contributed by atoms with E-state index in [-0.39, 0.29) is 46.2 Å². The van der Waals surface area contributed by atoms with E-state index in [1.54, 1.807) is 0 Å². The van der Waals surface area contributed by atoms with Gasteiger partial charge in [-0.25, -0.2) is 0 Å². The SMILES string of the molecule is C#CCO[C@@H]1[C@@H](OCC#C)[C@H]2O[C@H]3[C@H](O)[C@@H](O)[C@@H](O[C@H]4[C@H](O)[C@@H](O)[C@@H](O[C@H]5[C@H](O)[C@@H](O)[C@@H](O[C@H]6[C@H](O)[C@@H](O)[C@@H](O[C@H]7[C@H](O)[C@@H](O)[C@@H](O[C@H]8[C@H](O)[C@@H](O)[C@@H](O[C@@H]1[C@@H](CO[Si](C)(C)C(C)(C)C)O2)O[C@@H]8CO[Si](C)(C)C(C)(C)C)O[C@@H]7CO[Si](C)(C)C(C)(C)C)O[C@@H]6CO[Si](C)(C)C(C)(C)C)O[C@@H]5CO[Si](C)(C)C(C)(C)C)O[C@@H]4CO[Si](C)(C)C(C)(C)C)O[C@@H]3CO[Si](C)(C)C(C)(C)C. The standard InChI is InChI=1S/C90H172O35Si7/c1-38-40-103-75-74-55(48-111-132(36,37)90(21,22)23)118-83(76(75)104-41-39-2)124-73-54(47-110-131(34,35)89(18,19)20)116-81(66(101)61(73)96)122-71-52(45-108-129(30,31)87(12,13)14)114-79(64(99)59(71)94)120-69-50(43-106-127(26,27)85(6,7)8)112-77(62(97)57(69)92)119-68-49(42-105-126(24,25)84(3,4)5)113-78(63(98)56(68)91)121-70-51(44-107-128(28,29)86(9,10)11)115-80(65(100)58(70)93)123-72-53(46-109-130(32,33)88(15,16)17)117-82(125-74)67(102)60(72)95/h1-2,49-83,91-102H,40-48H2,3-37H3/t49-,50-,51-,52-,53-,54-,55-,56-,57-,58-,59-,60-,61-,62-,63-,64-,65-,66-,67-,68-,69-,70-,71-,72-,73-,74-,75+,76-,77-,78-,79-,80-,81-,82-,83-/m1/s1. The van der Waals surface area contributed by atoms with Crippen LogP contribution in [0.3, 0.4) is 0 Å². The van der Waals surface area contributed by atoms with Gasteiger partial charge in [-0.3, -0.25) is 0 Å². The lowest BCUT2D eigenvalue weighted by molar-refractivity contribution is -0.398. The maximum atomic E-state index is 13.1. The van der Waals surface area contributed by atoms with Crippen LogP contribution >= 0.6 is 0 Å². The van der Waals surface area contributed by atoms with Gasteiger partial charge in [0.2, 0.25) is 0 Å². The van der Waals surface area contributed by atoms with Gasteiger partial charge in [0.05, 0.1) is 46.2 Å². The number of hydrogen-bond acceptors (Lipinski definition) is 35. The second-order valence-electron chi connectivity index (χ2n) is 47.9. The first-order valence-electron chi connectivity index (χ1n) is 46.9. The number of hydrogen-bond donors (Lipinski definition) is 12. The molecule has 21 rings (SSSR count). The van der Waals surface area contributed by atoms with Crippen molar-refractivity contribution in [3.8, 4) is 24.7 Å². The molecule has 35 atom stereocenters. The molecular weight excluding hydrogens is 1840 g/mol. The Morgan fingerprint density at radius 2 is 0.341 bits per heavy atom. The highest BCUT2D eigenvalue weighted by atomic mass is 28.4. The van der Waals surface area contributed by atoms with Crippen molar-refractivity contribution in [2.24, 2.45) is 0 Å². The summed E-state index contributed by atoms with van der Waals surface area (Å²) in [6, 6.07) is 0. The Bertz CT molecular complexity index is 3660. The molecule has 0 amide bonds. The predicted molar refractivity (Wildman–Crippen MR) is 506 cm³/mol. The molecule has 21 aliphatic heterocycles. The topological polar surface area (TPSA) is 455 Å². The van der Waals surface area contributed by atoms with Gasteiger partial charge in [-0.15, -0.1) is 12.8 Å².